The molecule has 4 rings (SSSR count). The minimum Gasteiger partial charge on any atom is -0.493 e. The maximum absolute atomic E-state index is 12.5. The van der Waals surface area contributed by atoms with Crippen molar-refractivity contribution in [3.05, 3.63) is 51.8 Å². The van der Waals surface area contributed by atoms with Crippen LogP contribution in [0.5, 0.6) is 17.2 Å². The number of carbonyl (C=O) groups excluding carboxylic acids is 1. The Labute approximate surface area is 166 Å². The number of ether oxygens (including phenoxy) is 3. The van der Waals surface area contributed by atoms with Gasteiger partial charge in [-0.1, -0.05) is 6.07 Å². The lowest BCUT2D eigenvalue weighted by Crippen LogP contribution is -2.25. The fraction of sp³-hybridized carbons (Fsp3) is 0.300. The van der Waals surface area contributed by atoms with E-state index in [-0.39, 0.29) is 11.8 Å². The van der Waals surface area contributed by atoms with E-state index in [1.54, 1.807) is 32.7 Å². The third kappa shape index (κ3) is 3.20. The van der Waals surface area contributed by atoms with Crippen molar-refractivity contribution in [2.24, 2.45) is 0 Å². The van der Waals surface area contributed by atoms with Crippen LogP contribution in [0.3, 0.4) is 0 Å². The highest BCUT2D eigenvalue weighted by Crippen LogP contribution is 2.44. The van der Waals surface area contributed by atoms with Gasteiger partial charge in [-0.25, -0.2) is 4.68 Å². The third-order valence-corrected chi connectivity index (χ3v) is 5.73. The van der Waals surface area contributed by atoms with Gasteiger partial charge in [0.05, 0.1) is 34.1 Å². The van der Waals surface area contributed by atoms with Gasteiger partial charge in [-0.05, 0) is 29.1 Å². The Morgan fingerprint density at radius 2 is 1.96 bits per heavy atom. The minimum atomic E-state index is -0.144. The molecule has 3 aromatic rings. The van der Waals surface area contributed by atoms with E-state index in [4.69, 9.17) is 14.2 Å². The second-order valence-corrected chi connectivity index (χ2v) is 7.48. The highest BCUT2D eigenvalue weighted by Gasteiger charge is 2.31. The van der Waals surface area contributed by atoms with E-state index in [2.05, 4.69) is 16.5 Å². The molecule has 146 valence electrons. The summed E-state index contributed by atoms with van der Waals surface area (Å²) in [4.78, 5) is 13.6. The molecule has 28 heavy (non-hydrogen) atoms. The number of rotatable bonds is 6. The van der Waals surface area contributed by atoms with Crippen molar-refractivity contribution in [3.63, 3.8) is 0 Å². The second kappa shape index (κ2) is 7.55. The van der Waals surface area contributed by atoms with Crippen LogP contribution in [0.15, 0.2) is 35.8 Å². The van der Waals surface area contributed by atoms with Gasteiger partial charge in [0.2, 0.25) is 11.7 Å². The van der Waals surface area contributed by atoms with Crippen molar-refractivity contribution in [3.8, 4) is 17.2 Å². The van der Waals surface area contributed by atoms with E-state index in [1.165, 1.54) is 4.88 Å². The first-order valence-corrected chi connectivity index (χ1v) is 9.70. The Balaban J connectivity index is 1.76. The van der Waals surface area contributed by atoms with Crippen LogP contribution < -0.4 is 19.5 Å². The zero-order valence-corrected chi connectivity index (χ0v) is 16.7. The number of amides is 1. The lowest BCUT2D eigenvalue weighted by atomic mass is 9.87. The number of thiophene rings is 1. The Morgan fingerprint density at radius 1 is 1.21 bits per heavy atom. The van der Waals surface area contributed by atoms with Gasteiger partial charge in [-0.15, -0.1) is 11.3 Å². The molecule has 1 amide bonds. The van der Waals surface area contributed by atoms with Crippen molar-refractivity contribution < 1.29 is 19.0 Å². The summed E-state index contributed by atoms with van der Waals surface area (Å²) in [6, 6.07) is 7.85. The molecule has 0 radical (unpaired) electrons. The molecule has 1 aliphatic heterocycles. The molecule has 0 saturated heterocycles. The van der Waals surface area contributed by atoms with Crippen molar-refractivity contribution in [1.29, 1.82) is 0 Å². The molecule has 3 heterocycles. The van der Waals surface area contributed by atoms with E-state index >= 15 is 0 Å². The quantitative estimate of drug-likeness (QED) is 0.687. The van der Waals surface area contributed by atoms with Crippen LogP contribution in [-0.4, -0.2) is 37.0 Å². The number of aromatic nitrogens is 2. The van der Waals surface area contributed by atoms with Gasteiger partial charge in [-0.3, -0.25) is 4.79 Å². The predicted molar refractivity (Wildman–Crippen MR) is 107 cm³/mol. The zero-order valence-electron chi connectivity index (χ0n) is 15.9. The summed E-state index contributed by atoms with van der Waals surface area (Å²) >= 11 is 1.66. The maximum atomic E-state index is 12.5. The summed E-state index contributed by atoms with van der Waals surface area (Å²) < 4.78 is 18.2. The lowest BCUT2D eigenvalue weighted by molar-refractivity contribution is -0.116. The number of anilines is 1. The monoisotopic (exact) mass is 399 g/mol. The van der Waals surface area contributed by atoms with Crippen LogP contribution in [0, 0.1) is 0 Å². The van der Waals surface area contributed by atoms with Crippen LogP contribution in [0.25, 0.3) is 0 Å². The van der Waals surface area contributed by atoms with Gasteiger partial charge in [0.25, 0.3) is 0 Å². The van der Waals surface area contributed by atoms with Gasteiger partial charge in [0.1, 0.15) is 5.82 Å². The normalized spacial score (nSPS) is 15.7. The third-order valence-electron chi connectivity index (χ3n) is 4.87. The molecule has 1 atom stereocenters. The summed E-state index contributed by atoms with van der Waals surface area (Å²) in [5.74, 6) is 2.21. The molecule has 2 aromatic heterocycles. The average Bonchev–Trinajstić information content (AvgIpc) is 3.37. The number of fused-ring (bicyclic) bond motifs is 1. The molecule has 0 aliphatic carbocycles. The van der Waals surface area contributed by atoms with Crippen molar-refractivity contribution in [2.75, 3.05) is 26.6 Å². The van der Waals surface area contributed by atoms with Crippen LogP contribution in [0.1, 0.15) is 28.3 Å². The summed E-state index contributed by atoms with van der Waals surface area (Å²) in [5, 5.41) is 9.53. The number of hydrogen-bond donors (Lipinski definition) is 1. The van der Waals surface area contributed by atoms with Crippen LogP contribution in [0.2, 0.25) is 0 Å². The number of benzene rings is 1. The van der Waals surface area contributed by atoms with E-state index < -0.39 is 0 Å². The van der Waals surface area contributed by atoms with Crippen LogP contribution in [0.4, 0.5) is 5.82 Å². The standard InChI is InChI=1S/C20H21N3O4S/c1-25-16-7-12(8-17(26-2)19(16)27-3)14-9-18(24)22-20-15(14)10-21-23(20)11-13-5-4-6-28-13/h4-8,10,14H,9,11H2,1-3H3,(H,22,24)/t14-/m0/s1. The van der Waals surface area contributed by atoms with E-state index in [1.807, 2.05) is 34.5 Å². The van der Waals surface area contributed by atoms with Crippen molar-refractivity contribution >= 4 is 23.1 Å². The summed E-state index contributed by atoms with van der Waals surface area (Å²) in [6.07, 6.45) is 2.16. The molecule has 0 fully saturated rings. The number of methoxy groups -OCH3 is 3. The first-order valence-electron chi connectivity index (χ1n) is 8.82. The summed E-state index contributed by atoms with van der Waals surface area (Å²) in [5.41, 5.74) is 1.90. The Kier molecular flexibility index (Phi) is 4.95. The zero-order chi connectivity index (χ0) is 19.7. The lowest BCUT2D eigenvalue weighted by Gasteiger charge is -2.25. The first kappa shape index (κ1) is 18.4. The molecular formula is C20H21N3O4S. The smallest absolute Gasteiger partial charge is 0.226 e. The Morgan fingerprint density at radius 3 is 2.57 bits per heavy atom. The Bertz CT molecular complexity index is 972. The number of hydrogen-bond acceptors (Lipinski definition) is 6. The van der Waals surface area contributed by atoms with E-state index in [0.29, 0.717) is 30.2 Å². The van der Waals surface area contributed by atoms with Crippen molar-refractivity contribution in [1.82, 2.24) is 9.78 Å². The molecular weight excluding hydrogens is 378 g/mol. The van der Waals surface area contributed by atoms with E-state index in [9.17, 15) is 4.79 Å². The molecule has 0 unspecified atom stereocenters. The van der Waals surface area contributed by atoms with Gasteiger partial charge in [0, 0.05) is 22.8 Å². The van der Waals surface area contributed by atoms with Gasteiger partial charge >= 0.3 is 0 Å². The number of nitrogens with zero attached hydrogens (tertiary/aromatic N) is 2. The number of nitrogens with one attached hydrogen (secondary N) is 1. The van der Waals surface area contributed by atoms with E-state index in [0.717, 1.165) is 16.9 Å². The number of carbonyl (C=O) groups is 1. The van der Waals surface area contributed by atoms with Crippen LogP contribution in [-0.2, 0) is 11.3 Å². The molecule has 1 aromatic carbocycles. The fourth-order valence-corrected chi connectivity index (χ4v) is 4.23. The summed E-state index contributed by atoms with van der Waals surface area (Å²) in [6.45, 7) is 0.620. The Hall–Kier alpha value is -3.00. The molecule has 0 bridgehead atoms. The topological polar surface area (TPSA) is 74.6 Å². The van der Waals surface area contributed by atoms with Gasteiger partial charge in [-0.2, -0.15) is 5.10 Å². The largest absolute Gasteiger partial charge is 0.493 e. The second-order valence-electron chi connectivity index (χ2n) is 6.45. The maximum Gasteiger partial charge on any atom is 0.226 e. The highest BCUT2D eigenvalue weighted by molar-refractivity contribution is 7.09. The molecule has 1 aliphatic rings. The molecule has 7 nitrogen and oxygen atoms in total. The van der Waals surface area contributed by atoms with Gasteiger partial charge < -0.3 is 19.5 Å². The van der Waals surface area contributed by atoms with Crippen molar-refractivity contribution in [2.45, 2.75) is 18.9 Å². The fourth-order valence-electron chi connectivity index (χ4n) is 3.54. The molecule has 1 N–H and O–H groups in total. The predicted octanol–water partition coefficient (Wildman–Crippen LogP) is 3.49. The highest BCUT2D eigenvalue weighted by atomic mass is 32.1. The van der Waals surface area contributed by atoms with Crippen LogP contribution >= 0.6 is 11.3 Å². The molecule has 0 spiro atoms. The first-order chi connectivity index (χ1) is 13.6. The molecule has 8 heteroatoms. The minimum absolute atomic E-state index is 0.0424. The molecule has 0 saturated carbocycles. The summed E-state index contributed by atoms with van der Waals surface area (Å²) in [7, 11) is 4.74. The van der Waals surface area contributed by atoms with Gasteiger partial charge in [0.15, 0.2) is 11.5 Å². The SMILES string of the molecule is COc1cc([C@@H]2CC(=O)Nc3c2cnn3Cc2cccs2)cc(OC)c1OC. The average molecular weight is 399 g/mol.